The molecule has 4 heteroatoms. The lowest BCUT2D eigenvalue weighted by atomic mass is 10.1. The van der Waals surface area contributed by atoms with Crippen LogP contribution in [0.25, 0.3) is 11.0 Å². The second-order valence-electron chi connectivity index (χ2n) is 5.21. The van der Waals surface area contributed by atoms with Crippen molar-refractivity contribution in [2.45, 2.75) is 6.54 Å². The largest absolute Gasteiger partial charge is 0.337 e. The van der Waals surface area contributed by atoms with Crippen molar-refractivity contribution in [1.29, 1.82) is 0 Å². The Labute approximate surface area is 123 Å². The molecule has 3 aromatic rings. The summed E-state index contributed by atoms with van der Waals surface area (Å²) in [6, 6.07) is 15.6. The molecule has 106 valence electrons. The van der Waals surface area contributed by atoms with Crippen LogP contribution in [0, 0.1) is 0 Å². The summed E-state index contributed by atoms with van der Waals surface area (Å²) in [6.45, 7) is 0.597. The number of carbonyl (C=O) groups excluding carboxylic acids is 1. The van der Waals surface area contributed by atoms with Crippen molar-refractivity contribution in [1.82, 2.24) is 14.5 Å². The van der Waals surface area contributed by atoms with Crippen molar-refractivity contribution >= 4 is 16.9 Å². The van der Waals surface area contributed by atoms with Gasteiger partial charge in [-0.05, 0) is 23.8 Å². The summed E-state index contributed by atoms with van der Waals surface area (Å²) in [7, 11) is 3.76. The van der Waals surface area contributed by atoms with Crippen LogP contribution in [-0.4, -0.2) is 27.4 Å². The maximum atomic E-state index is 12.5. The molecule has 1 amide bonds. The number of amides is 1. The highest BCUT2D eigenvalue weighted by Gasteiger charge is 2.13. The Morgan fingerprint density at radius 1 is 1.19 bits per heavy atom. The fourth-order valence-electron chi connectivity index (χ4n) is 2.42. The minimum absolute atomic E-state index is 0.00593. The number of hydrogen-bond donors (Lipinski definition) is 0. The van der Waals surface area contributed by atoms with Crippen LogP contribution in [0.15, 0.2) is 54.9 Å². The predicted octanol–water partition coefficient (Wildman–Crippen LogP) is 2.85. The molecule has 0 fully saturated rings. The molecule has 0 spiro atoms. The summed E-state index contributed by atoms with van der Waals surface area (Å²) >= 11 is 0. The Kier molecular flexibility index (Phi) is 3.44. The van der Waals surface area contributed by atoms with Gasteiger partial charge in [-0.3, -0.25) is 4.79 Å². The van der Waals surface area contributed by atoms with E-state index in [2.05, 4.69) is 4.98 Å². The van der Waals surface area contributed by atoms with E-state index in [0.717, 1.165) is 16.6 Å². The number of nitrogens with zero attached hydrogens (tertiary/aromatic N) is 3. The van der Waals surface area contributed by atoms with Gasteiger partial charge in [-0.1, -0.05) is 30.3 Å². The van der Waals surface area contributed by atoms with Crippen molar-refractivity contribution < 1.29 is 4.79 Å². The van der Waals surface area contributed by atoms with E-state index < -0.39 is 0 Å². The Morgan fingerprint density at radius 2 is 1.95 bits per heavy atom. The van der Waals surface area contributed by atoms with Crippen LogP contribution in [0.2, 0.25) is 0 Å². The smallest absolute Gasteiger partial charge is 0.253 e. The minimum Gasteiger partial charge on any atom is -0.337 e. The maximum Gasteiger partial charge on any atom is 0.253 e. The molecular weight excluding hydrogens is 262 g/mol. The number of aromatic nitrogens is 2. The molecule has 0 radical (unpaired) electrons. The number of rotatable bonds is 3. The highest BCUT2D eigenvalue weighted by atomic mass is 16.2. The third-order valence-electron chi connectivity index (χ3n) is 3.58. The third kappa shape index (κ3) is 2.65. The summed E-state index contributed by atoms with van der Waals surface area (Å²) in [6.07, 6.45) is 1.76. The quantitative estimate of drug-likeness (QED) is 0.739. The molecule has 0 bridgehead atoms. The van der Waals surface area contributed by atoms with E-state index >= 15 is 0 Å². The normalized spacial score (nSPS) is 10.8. The number of benzene rings is 2. The topological polar surface area (TPSA) is 38.1 Å². The van der Waals surface area contributed by atoms with Gasteiger partial charge >= 0.3 is 0 Å². The Balaban J connectivity index is 1.82. The number of carbonyl (C=O) groups is 1. The van der Waals surface area contributed by atoms with Crippen molar-refractivity contribution in [2.75, 3.05) is 7.05 Å². The highest BCUT2D eigenvalue weighted by Crippen LogP contribution is 2.16. The van der Waals surface area contributed by atoms with Gasteiger partial charge < -0.3 is 9.47 Å². The van der Waals surface area contributed by atoms with Crippen molar-refractivity contribution in [2.24, 2.45) is 7.05 Å². The fraction of sp³-hybridized carbons (Fsp3) is 0.176. The summed E-state index contributed by atoms with van der Waals surface area (Å²) in [4.78, 5) is 18.5. The van der Waals surface area contributed by atoms with E-state index in [4.69, 9.17) is 0 Å². The second-order valence-corrected chi connectivity index (χ2v) is 5.21. The Hall–Kier alpha value is -2.62. The molecule has 0 aliphatic heterocycles. The lowest BCUT2D eigenvalue weighted by Crippen LogP contribution is -2.26. The highest BCUT2D eigenvalue weighted by molar-refractivity contribution is 5.97. The summed E-state index contributed by atoms with van der Waals surface area (Å²) in [5.41, 5.74) is 3.65. The van der Waals surface area contributed by atoms with Gasteiger partial charge in [0.05, 0.1) is 17.4 Å². The molecule has 0 saturated carbocycles. The molecule has 4 nitrogen and oxygen atoms in total. The number of imidazole rings is 1. The second kappa shape index (κ2) is 5.40. The molecule has 1 aromatic heterocycles. The van der Waals surface area contributed by atoms with Crippen LogP contribution in [0.1, 0.15) is 15.9 Å². The zero-order chi connectivity index (χ0) is 14.8. The summed E-state index contributed by atoms with van der Waals surface area (Å²) < 4.78 is 1.94. The number of hydrogen-bond acceptors (Lipinski definition) is 2. The van der Waals surface area contributed by atoms with Crippen LogP contribution < -0.4 is 0 Å². The van der Waals surface area contributed by atoms with E-state index in [1.165, 1.54) is 0 Å². The first-order valence-corrected chi connectivity index (χ1v) is 6.85. The average molecular weight is 279 g/mol. The predicted molar refractivity (Wildman–Crippen MR) is 83.0 cm³/mol. The van der Waals surface area contributed by atoms with Gasteiger partial charge in [0.1, 0.15) is 0 Å². The number of aryl methyl sites for hydroxylation is 1. The van der Waals surface area contributed by atoms with E-state index in [9.17, 15) is 4.79 Å². The molecule has 0 atom stereocenters. The van der Waals surface area contributed by atoms with E-state index in [1.807, 2.05) is 67.2 Å². The standard InChI is InChI=1S/C17H17N3O/c1-19(11-13-6-4-3-5-7-13)17(21)14-8-9-16-15(10-14)18-12-20(16)2/h3-10,12H,11H2,1-2H3. The van der Waals surface area contributed by atoms with E-state index in [1.54, 1.807) is 11.2 Å². The van der Waals surface area contributed by atoms with Gasteiger partial charge in [0.25, 0.3) is 5.91 Å². The molecule has 3 rings (SSSR count). The van der Waals surface area contributed by atoms with E-state index in [-0.39, 0.29) is 5.91 Å². The number of fused-ring (bicyclic) bond motifs is 1. The monoisotopic (exact) mass is 279 g/mol. The molecular formula is C17H17N3O. The van der Waals surface area contributed by atoms with Crippen LogP contribution in [0.5, 0.6) is 0 Å². The lowest BCUT2D eigenvalue weighted by molar-refractivity contribution is 0.0785. The molecule has 0 N–H and O–H groups in total. The zero-order valence-corrected chi connectivity index (χ0v) is 12.2. The van der Waals surface area contributed by atoms with E-state index in [0.29, 0.717) is 12.1 Å². The molecule has 0 saturated heterocycles. The molecule has 21 heavy (non-hydrogen) atoms. The van der Waals surface area contributed by atoms with Gasteiger partial charge in [-0.15, -0.1) is 0 Å². The fourth-order valence-corrected chi connectivity index (χ4v) is 2.42. The summed E-state index contributed by atoms with van der Waals surface area (Å²) in [5, 5.41) is 0. The molecule has 2 aromatic carbocycles. The first-order valence-electron chi connectivity index (χ1n) is 6.85. The van der Waals surface area contributed by atoms with Gasteiger partial charge in [-0.2, -0.15) is 0 Å². The first kappa shape index (κ1) is 13.4. The van der Waals surface area contributed by atoms with Crippen molar-refractivity contribution in [3.8, 4) is 0 Å². The Morgan fingerprint density at radius 3 is 2.71 bits per heavy atom. The molecule has 0 unspecified atom stereocenters. The van der Waals surface area contributed by atoms with Gasteiger partial charge in [0, 0.05) is 26.2 Å². The molecule has 0 aliphatic carbocycles. The first-order chi connectivity index (χ1) is 10.1. The van der Waals surface area contributed by atoms with Gasteiger partial charge in [-0.25, -0.2) is 4.98 Å². The van der Waals surface area contributed by atoms with Crippen molar-refractivity contribution in [3.05, 3.63) is 66.0 Å². The third-order valence-corrected chi connectivity index (χ3v) is 3.58. The average Bonchev–Trinajstić information content (AvgIpc) is 2.88. The maximum absolute atomic E-state index is 12.5. The van der Waals surface area contributed by atoms with Crippen molar-refractivity contribution in [3.63, 3.8) is 0 Å². The zero-order valence-electron chi connectivity index (χ0n) is 12.2. The SMILES string of the molecule is CN(Cc1ccccc1)C(=O)c1ccc2c(c1)ncn2C. The van der Waals surface area contributed by atoms with Crippen LogP contribution in [-0.2, 0) is 13.6 Å². The molecule has 1 heterocycles. The van der Waals surface area contributed by atoms with Crippen LogP contribution >= 0.6 is 0 Å². The molecule has 0 aliphatic rings. The van der Waals surface area contributed by atoms with Gasteiger partial charge in [0.15, 0.2) is 0 Å². The van der Waals surface area contributed by atoms with Crippen LogP contribution in [0.3, 0.4) is 0 Å². The van der Waals surface area contributed by atoms with Crippen LogP contribution in [0.4, 0.5) is 0 Å². The lowest BCUT2D eigenvalue weighted by Gasteiger charge is -2.17. The Bertz CT molecular complexity index is 777. The minimum atomic E-state index is 0.00593. The summed E-state index contributed by atoms with van der Waals surface area (Å²) in [5.74, 6) is 0.00593. The van der Waals surface area contributed by atoms with Gasteiger partial charge in [0.2, 0.25) is 0 Å².